The SMILES string of the molecule is COc1ccc(S(=O)(=O)N(C)C[C@@H]2Oc3ncc(-c4ccncc4)cc3C(=O)N([C@H](C)CO)C[C@@H]2C)cc1. The maximum Gasteiger partial charge on any atom is 0.259 e. The van der Waals surface area contributed by atoms with E-state index in [2.05, 4.69) is 9.97 Å². The van der Waals surface area contributed by atoms with Gasteiger partial charge >= 0.3 is 0 Å². The number of amides is 1. The Bertz CT molecular complexity index is 1370. The molecule has 3 heterocycles. The minimum atomic E-state index is -3.82. The molecule has 0 saturated heterocycles. The Balaban J connectivity index is 1.68. The zero-order valence-corrected chi connectivity index (χ0v) is 22.6. The number of nitrogens with zero attached hydrogens (tertiary/aromatic N) is 4. The molecule has 0 radical (unpaired) electrons. The lowest BCUT2D eigenvalue weighted by molar-refractivity contribution is 0.0373. The predicted molar refractivity (Wildman–Crippen MR) is 141 cm³/mol. The second-order valence-corrected chi connectivity index (χ2v) is 11.4. The van der Waals surface area contributed by atoms with Crippen molar-refractivity contribution in [1.82, 2.24) is 19.2 Å². The molecule has 1 aromatic carbocycles. The molecule has 1 N–H and O–H groups in total. The van der Waals surface area contributed by atoms with Crippen molar-refractivity contribution in [2.45, 2.75) is 30.9 Å². The van der Waals surface area contributed by atoms with Crippen LogP contribution in [0.15, 0.2) is 66.0 Å². The van der Waals surface area contributed by atoms with Crippen molar-refractivity contribution >= 4 is 15.9 Å². The van der Waals surface area contributed by atoms with Crippen molar-refractivity contribution in [2.24, 2.45) is 5.92 Å². The molecule has 11 heteroatoms. The molecule has 0 aliphatic carbocycles. The number of fused-ring (bicyclic) bond motifs is 1. The molecular formula is C27H32N4O6S. The van der Waals surface area contributed by atoms with Gasteiger partial charge in [0, 0.05) is 43.7 Å². The van der Waals surface area contributed by atoms with Crippen molar-refractivity contribution in [3.05, 3.63) is 66.6 Å². The number of carbonyl (C=O) groups is 1. The summed E-state index contributed by atoms with van der Waals surface area (Å²) in [5.41, 5.74) is 1.79. The minimum Gasteiger partial charge on any atom is -0.497 e. The van der Waals surface area contributed by atoms with Gasteiger partial charge in [0.05, 0.1) is 31.2 Å². The molecule has 0 saturated carbocycles. The van der Waals surface area contributed by atoms with E-state index in [1.54, 1.807) is 48.6 Å². The molecule has 1 aliphatic heterocycles. The molecule has 0 fully saturated rings. The van der Waals surface area contributed by atoms with Crippen LogP contribution in [0.25, 0.3) is 11.1 Å². The van der Waals surface area contributed by atoms with Crippen molar-refractivity contribution < 1.29 is 27.8 Å². The van der Waals surface area contributed by atoms with E-state index in [0.29, 0.717) is 11.3 Å². The van der Waals surface area contributed by atoms with Gasteiger partial charge in [0.1, 0.15) is 17.4 Å². The molecule has 202 valence electrons. The molecule has 0 bridgehead atoms. The Hall–Kier alpha value is -3.54. The number of aromatic nitrogens is 2. The summed E-state index contributed by atoms with van der Waals surface area (Å²) < 4.78 is 39.2. The van der Waals surface area contributed by atoms with Gasteiger partial charge in [-0.15, -0.1) is 0 Å². The number of ether oxygens (including phenoxy) is 2. The topological polar surface area (TPSA) is 122 Å². The average Bonchev–Trinajstić information content (AvgIpc) is 2.94. The molecule has 2 aromatic heterocycles. The highest BCUT2D eigenvalue weighted by atomic mass is 32.2. The van der Waals surface area contributed by atoms with E-state index in [-0.39, 0.29) is 47.9 Å². The highest BCUT2D eigenvalue weighted by Gasteiger charge is 2.36. The van der Waals surface area contributed by atoms with Gasteiger partial charge in [-0.1, -0.05) is 6.92 Å². The van der Waals surface area contributed by atoms with Crippen molar-refractivity contribution in [3.63, 3.8) is 0 Å². The highest BCUT2D eigenvalue weighted by Crippen LogP contribution is 2.31. The average molecular weight is 541 g/mol. The number of methoxy groups -OCH3 is 1. The van der Waals surface area contributed by atoms with Gasteiger partial charge in [-0.3, -0.25) is 9.78 Å². The van der Waals surface area contributed by atoms with Crippen LogP contribution in [0.3, 0.4) is 0 Å². The van der Waals surface area contributed by atoms with E-state index in [9.17, 15) is 18.3 Å². The molecule has 3 aromatic rings. The molecule has 3 atom stereocenters. The lowest BCUT2D eigenvalue weighted by Crippen LogP contribution is -2.50. The summed E-state index contributed by atoms with van der Waals surface area (Å²) in [5.74, 6) is 0.0978. The van der Waals surface area contributed by atoms with Crippen molar-refractivity contribution in [3.8, 4) is 22.8 Å². The minimum absolute atomic E-state index is 0.0261. The van der Waals surface area contributed by atoms with E-state index in [4.69, 9.17) is 9.47 Å². The molecule has 1 amide bonds. The van der Waals surface area contributed by atoms with Crippen LogP contribution < -0.4 is 9.47 Å². The number of pyridine rings is 2. The third-order valence-electron chi connectivity index (χ3n) is 6.74. The monoisotopic (exact) mass is 540 g/mol. The number of benzene rings is 1. The number of hydrogen-bond acceptors (Lipinski definition) is 8. The van der Waals surface area contributed by atoms with Crippen molar-refractivity contribution in [2.75, 3.05) is 33.9 Å². The lowest BCUT2D eigenvalue weighted by Gasteiger charge is -2.37. The molecule has 10 nitrogen and oxygen atoms in total. The highest BCUT2D eigenvalue weighted by molar-refractivity contribution is 7.89. The first-order chi connectivity index (χ1) is 18.1. The van der Waals surface area contributed by atoms with E-state index in [0.717, 1.165) is 5.56 Å². The summed E-state index contributed by atoms with van der Waals surface area (Å²) in [4.78, 5) is 23.8. The van der Waals surface area contributed by atoms with Crippen LogP contribution in [-0.2, 0) is 10.0 Å². The first-order valence-electron chi connectivity index (χ1n) is 12.2. The number of likely N-dealkylation sites (N-methyl/N-ethyl adjacent to an activating group) is 1. The van der Waals surface area contributed by atoms with Gasteiger partial charge in [0.25, 0.3) is 5.91 Å². The van der Waals surface area contributed by atoms with E-state index >= 15 is 0 Å². The van der Waals surface area contributed by atoms with Crippen LogP contribution in [-0.4, -0.2) is 84.6 Å². The Morgan fingerprint density at radius 3 is 2.50 bits per heavy atom. The smallest absolute Gasteiger partial charge is 0.259 e. The third-order valence-corrected chi connectivity index (χ3v) is 8.58. The fourth-order valence-electron chi connectivity index (χ4n) is 4.30. The summed E-state index contributed by atoms with van der Waals surface area (Å²) in [6.45, 7) is 3.72. The van der Waals surface area contributed by atoms with Crippen LogP contribution in [0.4, 0.5) is 0 Å². The third kappa shape index (κ3) is 5.64. The number of aliphatic hydroxyl groups is 1. The van der Waals surface area contributed by atoms with E-state index in [1.165, 1.54) is 30.6 Å². The summed E-state index contributed by atoms with van der Waals surface area (Å²) in [6, 6.07) is 11.1. The summed E-state index contributed by atoms with van der Waals surface area (Å²) >= 11 is 0. The Kier molecular flexibility index (Phi) is 8.29. The van der Waals surface area contributed by atoms with Gasteiger partial charge in [-0.05, 0) is 55.0 Å². The van der Waals surface area contributed by atoms with Gasteiger partial charge in [0.2, 0.25) is 15.9 Å². The summed E-state index contributed by atoms with van der Waals surface area (Å²) in [6.07, 6.45) is 4.30. The largest absolute Gasteiger partial charge is 0.497 e. The van der Waals surface area contributed by atoms with Crippen LogP contribution in [0.5, 0.6) is 11.6 Å². The Morgan fingerprint density at radius 2 is 1.87 bits per heavy atom. The van der Waals surface area contributed by atoms with Crippen molar-refractivity contribution in [1.29, 1.82) is 0 Å². The van der Waals surface area contributed by atoms with Gasteiger partial charge in [-0.25, -0.2) is 13.4 Å². The number of rotatable bonds is 8. The molecule has 4 rings (SSSR count). The first kappa shape index (κ1) is 27.5. The normalized spacial score (nSPS) is 18.8. The number of hydrogen-bond donors (Lipinski definition) is 1. The van der Waals surface area contributed by atoms with Crippen LogP contribution in [0, 0.1) is 5.92 Å². The van der Waals surface area contributed by atoms with Crippen LogP contribution in [0.1, 0.15) is 24.2 Å². The Morgan fingerprint density at radius 1 is 1.18 bits per heavy atom. The molecule has 0 spiro atoms. The fraction of sp³-hybridized carbons (Fsp3) is 0.370. The van der Waals surface area contributed by atoms with Crippen LogP contribution in [0.2, 0.25) is 0 Å². The molecular weight excluding hydrogens is 508 g/mol. The quantitative estimate of drug-likeness (QED) is 0.463. The summed E-state index contributed by atoms with van der Waals surface area (Å²) in [7, 11) is -0.813. The molecule has 0 unspecified atom stereocenters. The zero-order chi connectivity index (χ0) is 27.4. The number of sulfonamides is 1. The standard InChI is InChI=1S/C27H32N4O6S/c1-18-15-31(19(2)17-32)27(33)24-13-21(20-9-11-28-12-10-20)14-29-26(24)37-25(18)16-30(3)38(34,35)23-7-5-22(36-4)6-8-23/h5-14,18-19,25,32H,15-17H2,1-4H3/t18-,19+,25-/m0/s1. The van der Waals surface area contributed by atoms with Crippen LogP contribution >= 0.6 is 0 Å². The number of aliphatic hydroxyl groups excluding tert-OH is 1. The van der Waals surface area contributed by atoms with E-state index < -0.39 is 22.2 Å². The van der Waals surface area contributed by atoms with Gasteiger partial charge < -0.3 is 19.5 Å². The fourth-order valence-corrected chi connectivity index (χ4v) is 5.48. The molecule has 38 heavy (non-hydrogen) atoms. The maximum atomic E-state index is 13.6. The second-order valence-electron chi connectivity index (χ2n) is 9.40. The Labute approximate surface area is 222 Å². The zero-order valence-electron chi connectivity index (χ0n) is 21.8. The maximum absolute atomic E-state index is 13.6. The second kappa shape index (κ2) is 11.5. The van der Waals surface area contributed by atoms with Gasteiger partial charge in [-0.2, -0.15) is 4.31 Å². The lowest BCUT2D eigenvalue weighted by atomic mass is 9.99. The van der Waals surface area contributed by atoms with E-state index in [1.807, 2.05) is 19.1 Å². The first-order valence-corrected chi connectivity index (χ1v) is 13.7. The summed E-state index contributed by atoms with van der Waals surface area (Å²) in [5, 5.41) is 9.87. The van der Waals surface area contributed by atoms with Gasteiger partial charge in [0.15, 0.2) is 0 Å². The number of carbonyl (C=O) groups excluding carboxylic acids is 1. The molecule has 1 aliphatic rings. The predicted octanol–water partition coefficient (Wildman–Crippen LogP) is 2.69.